The van der Waals surface area contributed by atoms with Crippen LogP contribution in [0.2, 0.25) is 0 Å². The van der Waals surface area contributed by atoms with Gasteiger partial charge in [0.2, 0.25) is 0 Å². The van der Waals surface area contributed by atoms with Gasteiger partial charge < -0.3 is 9.72 Å². The number of aryl methyl sites for hydroxylation is 1. The van der Waals surface area contributed by atoms with Gasteiger partial charge in [-0.3, -0.25) is 4.79 Å². The van der Waals surface area contributed by atoms with Crippen molar-refractivity contribution in [3.05, 3.63) is 22.5 Å². The average molecular weight is 249 g/mol. The molecule has 4 heteroatoms. The van der Waals surface area contributed by atoms with E-state index in [-0.39, 0.29) is 11.2 Å². The molecule has 1 aromatic rings. The van der Waals surface area contributed by atoms with Crippen LogP contribution in [0.25, 0.3) is 0 Å². The van der Waals surface area contributed by atoms with Crippen LogP contribution in [0.15, 0.2) is 0 Å². The van der Waals surface area contributed by atoms with Crippen LogP contribution >= 0.6 is 0 Å². The summed E-state index contributed by atoms with van der Waals surface area (Å²) in [4.78, 5) is 27.3. The largest absolute Gasteiger partial charge is 0.462 e. The van der Waals surface area contributed by atoms with Gasteiger partial charge in [0.05, 0.1) is 17.7 Å². The summed E-state index contributed by atoms with van der Waals surface area (Å²) in [6, 6.07) is 0. The monoisotopic (exact) mass is 249 g/mol. The Labute approximate surface area is 107 Å². The summed E-state index contributed by atoms with van der Waals surface area (Å²) < 4.78 is 5.02. The lowest BCUT2D eigenvalue weighted by Crippen LogP contribution is -2.27. The number of carbonyl (C=O) groups excluding carboxylic acids is 2. The minimum atomic E-state index is -0.402. The third-order valence-electron chi connectivity index (χ3n) is 3.32. The Morgan fingerprint density at radius 3 is 2.67 bits per heavy atom. The summed E-state index contributed by atoms with van der Waals surface area (Å²) in [6.07, 6.45) is 1.26. The molecule has 0 radical (unpaired) electrons. The van der Waals surface area contributed by atoms with Gasteiger partial charge in [-0.2, -0.15) is 0 Å². The Balaban J connectivity index is 2.50. The molecule has 18 heavy (non-hydrogen) atoms. The minimum absolute atomic E-state index is 0.0358. The van der Waals surface area contributed by atoms with Crippen molar-refractivity contribution in [2.75, 3.05) is 6.61 Å². The molecule has 2 rings (SSSR count). The summed E-state index contributed by atoms with van der Waals surface area (Å²) in [5.74, 6) is -0.366. The Bertz CT molecular complexity index is 511. The van der Waals surface area contributed by atoms with Crippen molar-refractivity contribution in [3.63, 3.8) is 0 Å². The number of fused-ring (bicyclic) bond motifs is 1. The van der Waals surface area contributed by atoms with Gasteiger partial charge in [0.15, 0.2) is 5.78 Å². The zero-order valence-electron chi connectivity index (χ0n) is 11.3. The molecule has 1 aliphatic carbocycles. The molecule has 0 bridgehead atoms. The molecule has 0 saturated heterocycles. The van der Waals surface area contributed by atoms with Gasteiger partial charge in [0.1, 0.15) is 0 Å². The Morgan fingerprint density at radius 2 is 2.06 bits per heavy atom. The van der Waals surface area contributed by atoms with Crippen molar-refractivity contribution in [1.29, 1.82) is 0 Å². The molecule has 1 aliphatic rings. The number of nitrogens with one attached hydrogen (secondary N) is 1. The summed E-state index contributed by atoms with van der Waals surface area (Å²) in [6.45, 7) is 8.02. The number of carbonyl (C=O) groups is 2. The van der Waals surface area contributed by atoms with Crippen LogP contribution in [0.4, 0.5) is 0 Å². The molecule has 0 spiro atoms. The minimum Gasteiger partial charge on any atom is -0.462 e. The molecular formula is C14H19NO3. The smallest absolute Gasteiger partial charge is 0.340 e. The molecule has 0 fully saturated rings. The normalized spacial score (nSPS) is 17.4. The molecule has 0 unspecified atom stereocenters. The lowest BCUT2D eigenvalue weighted by molar-refractivity contribution is 0.0521. The number of ether oxygens (including phenoxy) is 1. The van der Waals surface area contributed by atoms with E-state index in [0.717, 1.165) is 17.8 Å². The van der Waals surface area contributed by atoms with E-state index in [0.29, 0.717) is 24.2 Å². The molecule has 1 N–H and O–H groups in total. The van der Waals surface area contributed by atoms with Gasteiger partial charge in [0.25, 0.3) is 0 Å². The first-order valence-corrected chi connectivity index (χ1v) is 6.27. The molecule has 0 aromatic carbocycles. The highest BCUT2D eigenvalue weighted by molar-refractivity contribution is 6.09. The van der Waals surface area contributed by atoms with Crippen molar-refractivity contribution in [2.24, 2.45) is 5.41 Å². The van der Waals surface area contributed by atoms with Crippen molar-refractivity contribution in [1.82, 2.24) is 4.98 Å². The fourth-order valence-corrected chi connectivity index (χ4v) is 2.65. The first-order chi connectivity index (χ1) is 8.35. The standard InChI is InChI=1S/C14H19NO3/c1-5-18-13(17)11-8(2)15-9-6-14(3,4)7-10(16)12(9)11/h15H,5-7H2,1-4H3. The summed E-state index contributed by atoms with van der Waals surface area (Å²) in [7, 11) is 0. The lowest BCUT2D eigenvalue weighted by Gasteiger charge is -2.28. The summed E-state index contributed by atoms with van der Waals surface area (Å²) in [5, 5.41) is 0. The number of Topliss-reactive ketones (excluding diaryl/α,β-unsaturated/α-hetero) is 1. The molecule has 0 saturated carbocycles. The second kappa shape index (κ2) is 4.26. The summed E-state index contributed by atoms with van der Waals surface area (Å²) in [5.41, 5.74) is 2.52. The maximum atomic E-state index is 12.2. The van der Waals surface area contributed by atoms with Crippen LogP contribution in [0.1, 0.15) is 59.3 Å². The zero-order chi connectivity index (χ0) is 13.5. The van der Waals surface area contributed by atoms with E-state index in [4.69, 9.17) is 4.74 Å². The highest BCUT2D eigenvalue weighted by Gasteiger charge is 2.36. The fourth-order valence-electron chi connectivity index (χ4n) is 2.65. The third-order valence-corrected chi connectivity index (χ3v) is 3.32. The lowest BCUT2D eigenvalue weighted by atomic mass is 9.75. The van der Waals surface area contributed by atoms with Gasteiger partial charge in [-0.15, -0.1) is 0 Å². The number of aromatic nitrogens is 1. The van der Waals surface area contributed by atoms with Crippen LogP contribution in [0, 0.1) is 12.3 Å². The number of esters is 1. The first kappa shape index (κ1) is 12.9. The van der Waals surface area contributed by atoms with E-state index in [2.05, 4.69) is 18.8 Å². The molecular weight excluding hydrogens is 230 g/mol. The van der Waals surface area contributed by atoms with Gasteiger partial charge in [-0.05, 0) is 25.7 Å². The van der Waals surface area contributed by atoms with Crippen LogP contribution < -0.4 is 0 Å². The number of hydrogen-bond acceptors (Lipinski definition) is 3. The van der Waals surface area contributed by atoms with Crippen LogP contribution in [-0.4, -0.2) is 23.3 Å². The quantitative estimate of drug-likeness (QED) is 0.820. The van der Waals surface area contributed by atoms with Crippen LogP contribution in [-0.2, 0) is 11.2 Å². The molecule has 4 nitrogen and oxygen atoms in total. The van der Waals surface area contributed by atoms with Gasteiger partial charge >= 0.3 is 5.97 Å². The average Bonchev–Trinajstić information content (AvgIpc) is 2.52. The number of hydrogen-bond donors (Lipinski definition) is 1. The van der Waals surface area contributed by atoms with Gasteiger partial charge in [0, 0.05) is 17.8 Å². The van der Waals surface area contributed by atoms with E-state index in [1.807, 2.05) is 6.92 Å². The Morgan fingerprint density at radius 1 is 1.39 bits per heavy atom. The molecule has 0 atom stereocenters. The predicted octanol–water partition coefficient (Wildman–Crippen LogP) is 2.65. The maximum absolute atomic E-state index is 12.2. The highest BCUT2D eigenvalue weighted by Crippen LogP contribution is 2.36. The second-order valence-electron chi connectivity index (χ2n) is 5.64. The number of H-pyrrole nitrogens is 1. The van der Waals surface area contributed by atoms with E-state index >= 15 is 0 Å². The SMILES string of the molecule is CCOC(=O)c1c(C)[nH]c2c1C(=O)CC(C)(C)C2. The van der Waals surface area contributed by atoms with Crippen molar-refractivity contribution in [3.8, 4) is 0 Å². The second-order valence-corrected chi connectivity index (χ2v) is 5.64. The number of rotatable bonds is 2. The molecule has 1 aromatic heterocycles. The molecule has 98 valence electrons. The third kappa shape index (κ3) is 2.07. The van der Waals surface area contributed by atoms with Crippen molar-refractivity contribution in [2.45, 2.75) is 40.5 Å². The Hall–Kier alpha value is -1.58. The summed E-state index contributed by atoms with van der Waals surface area (Å²) >= 11 is 0. The van der Waals surface area contributed by atoms with Crippen molar-refractivity contribution < 1.29 is 14.3 Å². The highest BCUT2D eigenvalue weighted by atomic mass is 16.5. The predicted molar refractivity (Wildman–Crippen MR) is 67.9 cm³/mol. The molecule has 0 aliphatic heterocycles. The van der Waals surface area contributed by atoms with Gasteiger partial charge in [-0.25, -0.2) is 4.79 Å². The van der Waals surface area contributed by atoms with E-state index in [1.54, 1.807) is 6.92 Å². The van der Waals surface area contributed by atoms with Crippen LogP contribution in [0.5, 0.6) is 0 Å². The van der Waals surface area contributed by atoms with Gasteiger partial charge in [-0.1, -0.05) is 13.8 Å². The zero-order valence-corrected chi connectivity index (χ0v) is 11.3. The maximum Gasteiger partial charge on any atom is 0.340 e. The first-order valence-electron chi connectivity index (χ1n) is 6.27. The molecule has 0 amide bonds. The molecule has 1 heterocycles. The fraction of sp³-hybridized carbons (Fsp3) is 0.571. The van der Waals surface area contributed by atoms with E-state index in [1.165, 1.54) is 0 Å². The van der Waals surface area contributed by atoms with E-state index in [9.17, 15) is 9.59 Å². The number of aromatic amines is 1. The van der Waals surface area contributed by atoms with Crippen molar-refractivity contribution >= 4 is 11.8 Å². The van der Waals surface area contributed by atoms with E-state index < -0.39 is 5.97 Å². The topological polar surface area (TPSA) is 59.2 Å². The Kier molecular flexibility index (Phi) is 3.05. The number of ketones is 1. The van der Waals surface area contributed by atoms with Crippen LogP contribution in [0.3, 0.4) is 0 Å².